The van der Waals surface area contributed by atoms with Crippen LogP contribution in [-0.2, 0) is 15.7 Å². The van der Waals surface area contributed by atoms with E-state index in [4.69, 9.17) is 11.6 Å². The Morgan fingerprint density at radius 3 is 2.86 bits per heavy atom. The fraction of sp³-hybridized carbons (Fsp3) is 0.400. The lowest BCUT2D eigenvalue weighted by Crippen LogP contribution is -2.47. The van der Waals surface area contributed by atoms with E-state index in [1.54, 1.807) is 0 Å². The lowest BCUT2D eigenvalue weighted by Gasteiger charge is -2.36. The molecule has 0 saturated carbocycles. The molecule has 21 heavy (non-hydrogen) atoms. The van der Waals surface area contributed by atoms with Crippen LogP contribution in [0.25, 0.3) is 10.9 Å². The SMILES string of the molecule is CC1CS(=O)(=O)CCN1c1cc(CCl)nc2ccccc12. The van der Waals surface area contributed by atoms with Gasteiger partial charge in [-0.1, -0.05) is 18.2 Å². The van der Waals surface area contributed by atoms with Gasteiger partial charge in [-0.25, -0.2) is 8.42 Å². The molecule has 112 valence electrons. The van der Waals surface area contributed by atoms with Crippen LogP contribution >= 0.6 is 11.6 Å². The Morgan fingerprint density at radius 1 is 1.38 bits per heavy atom. The number of benzene rings is 1. The summed E-state index contributed by atoms with van der Waals surface area (Å²) in [5.74, 6) is 0.739. The quantitative estimate of drug-likeness (QED) is 0.797. The molecular formula is C15H17ClN2O2S. The maximum Gasteiger partial charge on any atom is 0.154 e. The van der Waals surface area contributed by atoms with Crippen molar-refractivity contribution in [3.8, 4) is 0 Å². The Kier molecular flexibility index (Phi) is 3.80. The number of fused-ring (bicyclic) bond motifs is 1. The Bertz CT molecular complexity index is 776. The van der Waals surface area contributed by atoms with Crippen molar-refractivity contribution < 1.29 is 8.42 Å². The zero-order chi connectivity index (χ0) is 15.0. The fourth-order valence-electron chi connectivity index (χ4n) is 2.87. The highest BCUT2D eigenvalue weighted by Crippen LogP contribution is 2.30. The normalized spacial score (nSPS) is 21.6. The summed E-state index contributed by atoms with van der Waals surface area (Å²) in [6.07, 6.45) is 0. The van der Waals surface area contributed by atoms with Crippen LogP contribution in [0.5, 0.6) is 0 Å². The zero-order valence-corrected chi connectivity index (χ0v) is 13.4. The summed E-state index contributed by atoms with van der Waals surface area (Å²) >= 11 is 5.94. The first-order valence-corrected chi connectivity index (χ1v) is 9.27. The molecule has 2 aromatic rings. The van der Waals surface area contributed by atoms with Gasteiger partial charge in [-0.15, -0.1) is 11.6 Å². The van der Waals surface area contributed by atoms with Gasteiger partial charge in [-0.2, -0.15) is 0 Å². The molecule has 0 N–H and O–H groups in total. The van der Waals surface area contributed by atoms with Crippen LogP contribution in [0.15, 0.2) is 30.3 Å². The van der Waals surface area contributed by atoms with Gasteiger partial charge < -0.3 is 4.90 Å². The Balaban J connectivity index is 2.11. The van der Waals surface area contributed by atoms with Crippen LogP contribution in [0.3, 0.4) is 0 Å². The summed E-state index contributed by atoms with van der Waals surface area (Å²) in [5.41, 5.74) is 2.73. The fourth-order valence-corrected chi connectivity index (χ4v) is 4.57. The van der Waals surface area contributed by atoms with E-state index in [2.05, 4.69) is 9.88 Å². The predicted molar refractivity (Wildman–Crippen MR) is 86.8 cm³/mol. The largest absolute Gasteiger partial charge is 0.366 e. The Labute approximate surface area is 129 Å². The molecule has 1 aromatic heterocycles. The van der Waals surface area contributed by atoms with Crippen molar-refractivity contribution in [3.05, 3.63) is 36.0 Å². The lowest BCUT2D eigenvalue weighted by molar-refractivity contribution is 0.568. The number of aromatic nitrogens is 1. The number of hydrogen-bond acceptors (Lipinski definition) is 4. The van der Waals surface area contributed by atoms with Crippen molar-refractivity contribution in [2.45, 2.75) is 18.8 Å². The number of para-hydroxylation sites is 1. The van der Waals surface area contributed by atoms with Crippen molar-refractivity contribution in [2.24, 2.45) is 0 Å². The number of pyridine rings is 1. The molecule has 0 aliphatic carbocycles. The standard InChI is InChI=1S/C15H17ClN2O2S/c1-11-10-21(19,20)7-6-18(11)15-8-12(9-16)17-14-5-3-2-4-13(14)15/h2-5,8,11H,6-7,9-10H2,1H3. The topological polar surface area (TPSA) is 50.3 Å². The minimum Gasteiger partial charge on any atom is -0.366 e. The molecule has 0 amide bonds. The number of anilines is 1. The van der Waals surface area contributed by atoms with Gasteiger partial charge in [-0.05, 0) is 19.1 Å². The molecule has 1 aliphatic heterocycles. The van der Waals surface area contributed by atoms with E-state index in [0.717, 1.165) is 22.3 Å². The van der Waals surface area contributed by atoms with E-state index in [0.29, 0.717) is 12.4 Å². The van der Waals surface area contributed by atoms with Gasteiger partial charge in [0.2, 0.25) is 0 Å². The maximum atomic E-state index is 11.8. The van der Waals surface area contributed by atoms with Crippen molar-refractivity contribution >= 4 is 38.0 Å². The second kappa shape index (κ2) is 5.46. The Morgan fingerprint density at radius 2 is 2.14 bits per heavy atom. The third-order valence-corrected chi connectivity index (χ3v) is 5.93. The molecule has 1 unspecified atom stereocenters. The molecule has 0 spiro atoms. The highest BCUT2D eigenvalue weighted by molar-refractivity contribution is 7.91. The number of rotatable bonds is 2. The van der Waals surface area contributed by atoms with Crippen LogP contribution in [0, 0.1) is 0 Å². The highest BCUT2D eigenvalue weighted by Gasteiger charge is 2.29. The minimum atomic E-state index is -2.93. The summed E-state index contributed by atoms with van der Waals surface area (Å²) in [4.78, 5) is 6.68. The van der Waals surface area contributed by atoms with E-state index in [1.165, 1.54) is 0 Å². The van der Waals surface area contributed by atoms with Gasteiger partial charge in [0.25, 0.3) is 0 Å². The molecular weight excluding hydrogens is 308 g/mol. The first-order valence-electron chi connectivity index (χ1n) is 6.92. The second-order valence-electron chi connectivity index (χ2n) is 5.44. The minimum absolute atomic E-state index is 0.0438. The average Bonchev–Trinajstić information content (AvgIpc) is 2.45. The molecule has 0 radical (unpaired) electrons. The van der Waals surface area contributed by atoms with Crippen molar-refractivity contribution in [3.63, 3.8) is 0 Å². The van der Waals surface area contributed by atoms with Crippen LogP contribution in [0.4, 0.5) is 5.69 Å². The summed E-state index contributed by atoms with van der Waals surface area (Å²) in [6.45, 7) is 2.46. The van der Waals surface area contributed by atoms with E-state index in [1.807, 2.05) is 37.3 Å². The summed E-state index contributed by atoms with van der Waals surface area (Å²) in [5, 5.41) is 1.04. The first kappa shape index (κ1) is 14.6. The van der Waals surface area contributed by atoms with E-state index in [-0.39, 0.29) is 17.5 Å². The molecule has 4 nitrogen and oxygen atoms in total. The van der Waals surface area contributed by atoms with Crippen molar-refractivity contribution in [1.29, 1.82) is 0 Å². The first-order chi connectivity index (χ1) is 10.00. The summed E-state index contributed by atoms with van der Waals surface area (Å²) < 4.78 is 23.5. The molecule has 1 saturated heterocycles. The number of hydrogen-bond donors (Lipinski definition) is 0. The van der Waals surface area contributed by atoms with Gasteiger partial charge in [0, 0.05) is 23.7 Å². The van der Waals surface area contributed by atoms with Gasteiger partial charge in [0.1, 0.15) is 0 Å². The second-order valence-corrected chi connectivity index (χ2v) is 7.94. The van der Waals surface area contributed by atoms with Crippen LogP contribution in [-0.4, -0.2) is 37.5 Å². The highest BCUT2D eigenvalue weighted by atomic mass is 35.5. The molecule has 2 heterocycles. The van der Waals surface area contributed by atoms with E-state index >= 15 is 0 Å². The van der Waals surface area contributed by atoms with E-state index < -0.39 is 9.84 Å². The summed E-state index contributed by atoms with van der Waals surface area (Å²) in [6, 6.07) is 9.83. The third-order valence-electron chi connectivity index (χ3n) is 3.86. The molecule has 1 aliphatic rings. The van der Waals surface area contributed by atoms with Crippen LogP contribution in [0.1, 0.15) is 12.6 Å². The zero-order valence-electron chi connectivity index (χ0n) is 11.8. The van der Waals surface area contributed by atoms with Gasteiger partial charge >= 0.3 is 0 Å². The number of nitrogens with zero attached hydrogens (tertiary/aromatic N) is 2. The molecule has 1 atom stereocenters. The molecule has 1 aromatic carbocycles. The predicted octanol–water partition coefficient (Wildman–Crippen LogP) is 2.60. The van der Waals surface area contributed by atoms with Gasteiger partial charge in [0.15, 0.2) is 9.84 Å². The monoisotopic (exact) mass is 324 g/mol. The number of sulfone groups is 1. The van der Waals surface area contributed by atoms with Gasteiger partial charge in [0.05, 0.1) is 28.6 Å². The summed E-state index contributed by atoms with van der Waals surface area (Å²) in [7, 11) is -2.93. The van der Waals surface area contributed by atoms with Crippen molar-refractivity contribution in [2.75, 3.05) is 23.0 Å². The maximum absolute atomic E-state index is 11.8. The molecule has 3 rings (SSSR count). The van der Waals surface area contributed by atoms with Crippen molar-refractivity contribution in [1.82, 2.24) is 4.98 Å². The molecule has 1 fully saturated rings. The number of halogens is 1. The number of alkyl halides is 1. The average molecular weight is 325 g/mol. The lowest BCUT2D eigenvalue weighted by atomic mass is 10.1. The van der Waals surface area contributed by atoms with Crippen LogP contribution in [0.2, 0.25) is 0 Å². The van der Waals surface area contributed by atoms with E-state index in [9.17, 15) is 8.42 Å². The van der Waals surface area contributed by atoms with Crippen LogP contribution < -0.4 is 4.90 Å². The van der Waals surface area contributed by atoms with Gasteiger partial charge in [-0.3, -0.25) is 4.98 Å². The smallest absolute Gasteiger partial charge is 0.154 e. The molecule has 6 heteroatoms. The molecule has 0 bridgehead atoms. The Hall–Kier alpha value is -1.33. The third kappa shape index (κ3) is 2.85.